The standard InChI is InChI=1S/C32H41F6N3O5.C24H31NO4.C8H10F6N2O2/c1-22-6-9-24(10-7-22)19-41(16-17-44-21-27(42)46-30(3,4)5)26-18-23(2)8-11-25(26)20-39-12-14-40(15-13-39)29(43)45-28(31(33,34)35)32(36,37)38;1-18-6-9-20(10-7-18)15-25(22-14-19(2)8-11-21(22)16-26)12-13-28-17-23(27)29-24(3,4)5;9-7(10,11)5(8(12,13)14)18-6(17)16-3-1-15-2-4-16/h6-11,18,28H,12-17,19-21H2,1-5H3;6-11,14,16H,12-13,15,17H2,1-5H3;5,15H,1-4H2. The zero-order valence-corrected chi connectivity index (χ0v) is 53.6. The van der Waals surface area contributed by atoms with Crippen molar-refractivity contribution >= 4 is 41.8 Å². The van der Waals surface area contributed by atoms with Gasteiger partial charge in [-0.05, 0) is 115 Å². The molecular weight excluding hydrogens is 1260 g/mol. The molecule has 2 aliphatic heterocycles. The first-order valence-corrected chi connectivity index (χ1v) is 29.6. The van der Waals surface area contributed by atoms with Crippen LogP contribution in [0, 0.1) is 27.7 Å². The number of nitrogens with zero attached hydrogens (tertiary/aromatic N) is 5. The normalized spacial score (nSPS) is 14.3. The summed E-state index contributed by atoms with van der Waals surface area (Å²) < 4.78 is 179. The Morgan fingerprint density at radius 1 is 0.505 bits per heavy atom. The van der Waals surface area contributed by atoms with E-state index in [1.54, 1.807) is 20.8 Å². The Bertz CT molecular complexity index is 2980. The molecule has 0 radical (unpaired) electrons. The van der Waals surface area contributed by atoms with Gasteiger partial charge in [-0.1, -0.05) is 77.9 Å². The van der Waals surface area contributed by atoms with E-state index in [9.17, 15) is 76.7 Å². The molecular formula is C64H82F12N6O11. The average Bonchev–Trinajstić information content (AvgIpc) is 0.879. The number of nitrogens with one attached hydrogen (secondary N) is 1. The topological polar surface area (TPSA) is 169 Å². The number of alkyl halides is 12. The maximum absolute atomic E-state index is 12.9. The fourth-order valence-corrected chi connectivity index (χ4v) is 9.09. The quantitative estimate of drug-likeness (QED) is 0.0275. The van der Waals surface area contributed by atoms with Gasteiger partial charge in [0, 0.05) is 102 Å². The molecule has 2 saturated heterocycles. The number of aryl methyl sites for hydroxylation is 4. The maximum Gasteiger partial charge on any atom is 0.434 e. The predicted octanol–water partition coefficient (Wildman–Crippen LogP) is 12.4. The largest absolute Gasteiger partial charge is 0.458 e. The van der Waals surface area contributed by atoms with E-state index >= 15 is 0 Å². The van der Waals surface area contributed by atoms with Gasteiger partial charge in [0.25, 0.3) is 12.2 Å². The third-order valence-electron chi connectivity index (χ3n) is 13.5. The Morgan fingerprint density at radius 2 is 0.871 bits per heavy atom. The van der Waals surface area contributed by atoms with E-state index in [1.165, 1.54) is 5.56 Å². The summed E-state index contributed by atoms with van der Waals surface area (Å²) in [4.78, 5) is 66.8. The summed E-state index contributed by atoms with van der Waals surface area (Å²) in [6.07, 6.45) is -33.6. The lowest BCUT2D eigenvalue weighted by Crippen LogP contribution is -2.52. The van der Waals surface area contributed by atoms with Crippen molar-refractivity contribution in [2.75, 3.05) is 102 Å². The van der Waals surface area contributed by atoms with E-state index in [0.717, 1.165) is 60.8 Å². The lowest BCUT2D eigenvalue weighted by molar-refractivity contribution is -0.309. The highest BCUT2D eigenvalue weighted by molar-refractivity contribution is 5.85. The van der Waals surface area contributed by atoms with Crippen LogP contribution in [0.25, 0.3) is 0 Å². The second-order valence-corrected chi connectivity index (χ2v) is 24.1. The first-order valence-electron chi connectivity index (χ1n) is 29.6. The molecule has 0 spiro atoms. The van der Waals surface area contributed by atoms with Crippen molar-refractivity contribution in [1.82, 2.24) is 20.0 Å². The minimum absolute atomic E-state index is 0.00126. The van der Waals surface area contributed by atoms with E-state index in [1.807, 2.05) is 107 Å². The lowest BCUT2D eigenvalue weighted by Gasteiger charge is -2.36. The summed E-state index contributed by atoms with van der Waals surface area (Å²) in [5.74, 6) is -0.851. The Morgan fingerprint density at radius 3 is 1.26 bits per heavy atom. The summed E-state index contributed by atoms with van der Waals surface area (Å²) in [6, 6.07) is 28.1. The SMILES string of the molecule is Cc1ccc(CN(CCOCC(=O)OC(C)(C)C)c2cc(C)ccc2C=O)cc1.Cc1ccc(CN(CCOCC(=O)OC(C)(C)C)c2cc(C)ccc2CN2CCN(C(=O)OC(C(F)(F)F)C(F)(F)F)CC2)cc1.O=C(OC(C(F)(F)F)C(F)(F)F)N1CCNCC1. The number of hydrogen-bond donors (Lipinski definition) is 1. The van der Waals surface area contributed by atoms with Crippen LogP contribution in [0.5, 0.6) is 0 Å². The molecule has 6 rings (SSSR count). The Hall–Kier alpha value is -7.37. The number of rotatable bonds is 21. The van der Waals surface area contributed by atoms with E-state index in [-0.39, 0.29) is 78.1 Å². The molecule has 0 aliphatic carbocycles. The van der Waals surface area contributed by atoms with Crippen molar-refractivity contribution in [2.24, 2.45) is 0 Å². The van der Waals surface area contributed by atoms with Crippen molar-refractivity contribution in [3.8, 4) is 0 Å². The first-order chi connectivity index (χ1) is 43.1. The average molecular weight is 1340 g/mol. The van der Waals surface area contributed by atoms with Crippen LogP contribution in [0.4, 0.5) is 73.6 Å². The van der Waals surface area contributed by atoms with Crippen LogP contribution in [0.3, 0.4) is 0 Å². The molecule has 1 N–H and O–H groups in total. The molecule has 17 nitrogen and oxygen atoms in total. The monoisotopic (exact) mass is 1340 g/mol. The number of halogens is 12. The number of anilines is 2. The highest BCUT2D eigenvalue weighted by atomic mass is 19.4. The number of piperazine rings is 2. The molecule has 4 aromatic carbocycles. The van der Waals surface area contributed by atoms with Crippen LogP contribution in [-0.2, 0) is 57.6 Å². The predicted molar refractivity (Wildman–Crippen MR) is 322 cm³/mol. The minimum atomic E-state index is -5.78. The highest BCUT2D eigenvalue weighted by Gasteiger charge is 2.61. The maximum atomic E-state index is 12.9. The molecule has 0 saturated carbocycles. The third-order valence-corrected chi connectivity index (χ3v) is 13.5. The summed E-state index contributed by atoms with van der Waals surface area (Å²) in [5, 5.41) is 2.79. The number of ether oxygens (including phenoxy) is 6. The van der Waals surface area contributed by atoms with Gasteiger partial charge in [-0.25, -0.2) is 19.2 Å². The molecule has 93 heavy (non-hydrogen) atoms. The Kier molecular flexibility index (Phi) is 29.1. The number of carbonyl (C=O) groups excluding carboxylic acids is 5. The van der Waals surface area contributed by atoms with Crippen molar-refractivity contribution in [1.29, 1.82) is 0 Å². The summed E-state index contributed by atoms with van der Waals surface area (Å²) in [5.41, 5.74) is 8.75. The molecule has 0 unspecified atom stereocenters. The fraction of sp³-hybridized carbons (Fsp3) is 0.547. The van der Waals surface area contributed by atoms with Gasteiger partial charge in [-0.2, -0.15) is 52.7 Å². The smallest absolute Gasteiger partial charge is 0.434 e. The number of benzene rings is 4. The van der Waals surface area contributed by atoms with Crippen LogP contribution < -0.4 is 15.1 Å². The molecule has 2 fully saturated rings. The third kappa shape index (κ3) is 28.4. The van der Waals surface area contributed by atoms with Crippen molar-refractivity contribution in [3.05, 3.63) is 129 Å². The fourth-order valence-electron chi connectivity index (χ4n) is 9.09. The number of carbonyl (C=O) groups is 5. The van der Waals surface area contributed by atoms with Crippen molar-refractivity contribution in [2.45, 2.75) is 137 Å². The highest BCUT2D eigenvalue weighted by Crippen LogP contribution is 2.38. The van der Waals surface area contributed by atoms with Crippen LogP contribution in [0.1, 0.15) is 90.8 Å². The van der Waals surface area contributed by atoms with Gasteiger partial charge in [0.15, 0.2) is 6.29 Å². The molecule has 4 aromatic rings. The number of hydrogen-bond acceptors (Lipinski definition) is 15. The molecule has 29 heteroatoms. The van der Waals surface area contributed by atoms with Gasteiger partial charge in [0.1, 0.15) is 24.4 Å². The van der Waals surface area contributed by atoms with Crippen LogP contribution in [0.15, 0.2) is 84.9 Å². The first kappa shape index (κ1) is 78.1. The molecule has 2 amide bonds. The summed E-state index contributed by atoms with van der Waals surface area (Å²) in [7, 11) is 0. The molecule has 0 aromatic heterocycles. The van der Waals surface area contributed by atoms with Gasteiger partial charge in [-0.3, -0.25) is 9.69 Å². The second-order valence-electron chi connectivity index (χ2n) is 24.1. The number of esters is 2. The van der Waals surface area contributed by atoms with Crippen LogP contribution in [0.2, 0.25) is 0 Å². The van der Waals surface area contributed by atoms with Gasteiger partial charge >= 0.3 is 48.8 Å². The second kappa shape index (κ2) is 34.7. The molecule has 0 atom stereocenters. The molecule has 2 aliphatic rings. The van der Waals surface area contributed by atoms with Gasteiger partial charge in [-0.15, -0.1) is 0 Å². The lowest BCUT2D eigenvalue weighted by atomic mass is 10.1. The van der Waals surface area contributed by atoms with Crippen molar-refractivity contribution in [3.63, 3.8) is 0 Å². The summed E-state index contributed by atoms with van der Waals surface area (Å²) in [6.45, 7) is 22.4. The van der Waals surface area contributed by atoms with Crippen LogP contribution >= 0.6 is 0 Å². The summed E-state index contributed by atoms with van der Waals surface area (Å²) >= 11 is 0. The molecule has 2 heterocycles. The van der Waals surface area contributed by atoms with Gasteiger partial charge in [0.2, 0.25) is 0 Å². The zero-order chi connectivity index (χ0) is 69.7. The van der Waals surface area contributed by atoms with Crippen molar-refractivity contribution < 1.29 is 105 Å². The van der Waals surface area contributed by atoms with Crippen LogP contribution in [-0.4, -0.2) is 185 Å². The Balaban J connectivity index is 0.000000332. The van der Waals surface area contributed by atoms with E-state index in [0.29, 0.717) is 44.9 Å². The molecule has 518 valence electrons. The minimum Gasteiger partial charge on any atom is -0.458 e. The van der Waals surface area contributed by atoms with Gasteiger partial charge < -0.3 is 53.3 Å². The van der Waals surface area contributed by atoms with Gasteiger partial charge in [0.05, 0.1) is 13.2 Å². The number of amides is 2. The Labute approximate surface area is 533 Å². The number of aldehydes is 1. The van der Waals surface area contributed by atoms with E-state index in [4.69, 9.17) is 18.9 Å². The van der Waals surface area contributed by atoms with E-state index in [2.05, 4.69) is 55.8 Å². The van der Waals surface area contributed by atoms with E-state index < -0.39 is 66.3 Å². The zero-order valence-electron chi connectivity index (χ0n) is 53.6. The molecule has 0 bridgehead atoms.